The van der Waals surface area contributed by atoms with Gasteiger partial charge in [-0.1, -0.05) is 23.5 Å². The summed E-state index contributed by atoms with van der Waals surface area (Å²) in [6.45, 7) is 6.43. The van der Waals surface area contributed by atoms with Crippen molar-refractivity contribution in [1.29, 1.82) is 0 Å². The summed E-state index contributed by atoms with van der Waals surface area (Å²) in [6, 6.07) is 6.65. The van der Waals surface area contributed by atoms with E-state index in [2.05, 4.69) is 10.1 Å². The molecular weight excluding hydrogens is 428 g/mol. The second kappa shape index (κ2) is 8.58. The average Bonchev–Trinajstić information content (AvgIpc) is 3.31. The average molecular weight is 453 g/mol. The van der Waals surface area contributed by atoms with Crippen LogP contribution in [0.2, 0.25) is 0 Å². The lowest BCUT2D eigenvalue weighted by Crippen LogP contribution is -2.39. The van der Waals surface area contributed by atoms with Gasteiger partial charge < -0.3 is 9.47 Å². The molecule has 0 N–H and O–H groups in total. The lowest BCUT2D eigenvalue weighted by Gasteiger charge is -2.24. The Morgan fingerprint density at radius 3 is 2.53 bits per heavy atom. The predicted molar refractivity (Wildman–Crippen MR) is 121 cm³/mol. The number of rotatable bonds is 5. The number of hydrogen-bond donors (Lipinski definition) is 0. The van der Waals surface area contributed by atoms with Crippen molar-refractivity contribution in [2.24, 2.45) is 4.99 Å². The molecule has 1 aliphatic rings. The van der Waals surface area contributed by atoms with E-state index < -0.39 is 12.0 Å². The van der Waals surface area contributed by atoms with Gasteiger partial charge in [0.1, 0.15) is 5.75 Å². The van der Waals surface area contributed by atoms with Crippen molar-refractivity contribution >= 4 is 23.4 Å². The van der Waals surface area contributed by atoms with Crippen LogP contribution in [0.5, 0.6) is 5.75 Å². The molecule has 3 heterocycles. The second-order valence-electron chi connectivity index (χ2n) is 7.37. The normalized spacial score (nSPS) is 16.0. The quantitative estimate of drug-likeness (QED) is 0.552. The van der Waals surface area contributed by atoms with E-state index in [0.717, 1.165) is 23.4 Å². The van der Waals surface area contributed by atoms with E-state index in [1.54, 1.807) is 30.7 Å². The number of thiazole rings is 1. The van der Waals surface area contributed by atoms with Crippen LogP contribution in [0.25, 0.3) is 6.08 Å². The van der Waals surface area contributed by atoms with Crippen molar-refractivity contribution in [2.45, 2.75) is 33.4 Å². The van der Waals surface area contributed by atoms with Gasteiger partial charge in [-0.3, -0.25) is 14.0 Å². The molecule has 3 aromatic rings. The number of carbonyl (C=O) groups excluding carboxylic acids is 1. The molecule has 1 atom stereocenters. The van der Waals surface area contributed by atoms with Gasteiger partial charge in [-0.2, -0.15) is 5.10 Å². The number of carbonyl (C=O) groups is 1. The van der Waals surface area contributed by atoms with Crippen molar-refractivity contribution in [3.63, 3.8) is 0 Å². The third-order valence-electron chi connectivity index (χ3n) is 5.45. The molecule has 0 unspecified atom stereocenters. The summed E-state index contributed by atoms with van der Waals surface area (Å²) in [7, 11) is 2.91. The van der Waals surface area contributed by atoms with Gasteiger partial charge in [-0.15, -0.1) is 0 Å². The fourth-order valence-corrected chi connectivity index (χ4v) is 4.81. The van der Waals surface area contributed by atoms with E-state index >= 15 is 0 Å². The summed E-state index contributed by atoms with van der Waals surface area (Å²) in [5.41, 5.74) is 3.14. The summed E-state index contributed by atoms with van der Waals surface area (Å²) < 4.78 is 14.2. The first-order valence-electron chi connectivity index (χ1n) is 10.2. The third kappa shape index (κ3) is 3.69. The summed E-state index contributed by atoms with van der Waals surface area (Å²) >= 11 is 1.29. The van der Waals surface area contributed by atoms with Crippen LogP contribution >= 0.6 is 11.3 Å². The molecule has 0 bridgehead atoms. The van der Waals surface area contributed by atoms with Gasteiger partial charge in [0, 0.05) is 18.3 Å². The predicted octanol–water partition coefficient (Wildman–Crippen LogP) is 1.94. The zero-order valence-corrected chi connectivity index (χ0v) is 19.4. The lowest BCUT2D eigenvalue weighted by molar-refractivity contribution is -0.136. The summed E-state index contributed by atoms with van der Waals surface area (Å²) in [4.78, 5) is 31.3. The van der Waals surface area contributed by atoms with Crippen LogP contribution in [-0.2, 0) is 16.1 Å². The maximum absolute atomic E-state index is 13.5. The van der Waals surface area contributed by atoms with Gasteiger partial charge in [0.25, 0.3) is 5.56 Å². The molecule has 0 amide bonds. The molecule has 1 aliphatic heterocycles. The number of allylic oxidation sites excluding steroid dienone is 1. The van der Waals surface area contributed by atoms with Crippen LogP contribution in [0.3, 0.4) is 0 Å². The number of fused-ring (bicyclic) bond motifs is 1. The zero-order valence-electron chi connectivity index (χ0n) is 18.6. The highest BCUT2D eigenvalue weighted by atomic mass is 32.1. The maximum atomic E-state index is 13.5. The van der Waals surface area contributed by atoms with Gasteiger partial charge in [0.15, 0.2) is 4.80 Å². The van der Waals surface area contributed by atoms with Gasteiger partial charge in [0.05, 0.1) is 41.8 Å². The molecule has 2 aromatic heterocycles. The van der Waals surface area contributed by atoms with Crippen molar-refractivity contribution in [3.8, 4) is 5.75 Å². The number of aromatic nitrogens is 3. The van der Waals surface area contributed by atoms with Crippen LogP contribution in [0.15, 0.2) is 51.5 Å². The molecule has 166 valence electrons. The molecule has 0 saturated heterocycles. The van der Waals surface area contributed by atoms with Crippen molar-refractivity contribution < 1.29 is 14.3 Å². The fraction of sp³-hybridized carbons (Fsp3) is 0.304. The number of ether oxygens (including phenoxy) is 2. The van der Waals surface area contributed by atoms with Crippen molar-refractivity contribution in [2.75, 3.05) is 14.2 Å². The Morgan fingerprint density at radius 2 is 1.94 bits per heavy atom. The Labute approximate surface area is 188 Å². The van der Waals surface area contributed by atoms with Crippen molar-refractivity contribution in [1.82, 2.24) is 14.3 Å². The van der Waals surface area contributed by atoms with Gasteiger partial charge in [-0.05, 0) is 44.5 Å². The Morgan fingerprint density at radius 1 is 1.22 bits per heavy atom. The molecule has 1 aromatic carbocycles. The number of nitrogens with zero attached hydrogens (tertiary/aromatic N) is 4. The standard InChI is InChI=1S/C23H24N4O4S/c1-6-26-12-16(13(2)25-26)11-18-21(28)27-20(15-7-9-17(30-4)10-8-15)19(22(29)31-5)14(3)24-23(27)32-18/h7-12,20H,6H2,1-5H3/t20-/m0/s1. The van der Waals surface area contributed by atoms with E-state index in [1.807, 2.05) is 42.9 Å². The van der Waals surface area contributed by atoms with Crippen LogP contribution < -0.4 is 19.6 Å². The summed E-state index contributed by atoms with van der Waals surface area (Å²) in [5.74, 6) is 0.173. The number of hydrogen-bond acceptors (Lipinski definition) is 7. The van der Waals surface area contributed by atoms with Crippen LogP contribution in [-0.4, -0.2) is 34.5 Å². The van der Waals surface area contributed by atoms with E-state index in [9.17, 15) is 9.59 Å². The minimum absolute atomic E-state index is 0.216. The Kier molecular flexibility index (Phi) is 5.84. The highest BCUT2D eigenvalue weighted by Gasteiger charge is 2.33. The van der Waals surface area contributed by atoms with Crippen LogP contribution in [0.4, 0.5) is 0 Å². The van der Waals surface area contributed by atoms with E-state index in [1.165, 1.54) is 18.4 Å². The van der Waals surface area contributed by atoms with Gasteiger partial charge in [-0.25, -0.2) is 9.79 Å². The summed E-state index contributed by atoms with van der Waals surface area (Å²) in [6.07, 6.45) is 3.75. The zero-order chi connectivity index (χ0) is 23.0. The SMILES string of the molecule is CCn1cc(C=c2sc3n(c2=O)[C@@H](c2ccc(OC)cc2)C(C(=O)OC)=C(C)N=3)c(C)n1. The maximum Gasteiger partial charge on any atom is 0.338 e. The van der Waals surface area contributed by atoms with Crippen molar-refractivity contribution in [3.05, 3.63) is 78.2 Å². The Hall–Kier alpha value is -3.46. The largest absolute Gasteiger partial charge is 0.497 e. The van der Waals surface area contributed by atoms with E-state index in [-0.39, 0.29) is 5.56 Å². The second-order valence-corrected chi connectivity index (χ2v) is 8.38. The highest BCUT2D eigenvalue weighted by Crippen LogP contribution is 2.31. The molecule has 0 radical (unpaired) electrons. The first-order valence-corrected chi connectivity index (χ1v) is 11.0. The van der Waals surface area contributed by atoms with E-state index in [4.69, 9.17) is 9.47 Å². The molecule has 0 fully saturated rings. The molecule has 8 nitrogen and oxygen atoms in total. The fourth-order valence-electron chi connectivity index (χ4n) is 3.77. The molecule has 32 heavy (non-hydrogen) atoms. The molecule has 0 saturated carbocycles. The molecule has 0 spiro atoms. The number of benzene rings is 1. The van der Waals surface area contributed by atoms with Gasteiger partial charge in [0.2, 0.25) is 0 Å². The lowest BCUT2D eigenvalue weighted by atomic mass is 9.96. The third-order valence-corrected chi connectivity index (χ3v) is 6.44. The van der Waals surface area contributed by atoms with Crippen LogP contribution in [0, 0.1) is 6.92 Å². The number of methoxy groups -OCH3 is 2. The first kappa shape index (κ1) is 21.8. The minimum Gasteiger partial charge on any atom is -0.497 e. The summed E-state index contributed by atoms with van der Waals surface area (Å²) in [5, 5.41) is 4.45. The highest BCUT2D eigenvalue weighted by molar-refractivity contribution is 7.07. The number of esters is 1. The van der Waals surface area contributed by atoms with Crippen LogP contribution in [0.1, 0.15) is 36.7 Å². The Balaban J connectivity index is 1.95. The topological polar surface area (TPSA) is 87.7 Å². The van der Waals surface area contributed by atoms with E-state index in [0.29, 0.717) is 26.4 Å². The smallest absolute Gasteiger partial charge is 0.338 e. The molecule has 4 rings (SSSR count). The monoisotopic (exact) mass is 452 g/mol. The number of aryl methyl sites for hydroxylation is 2. The van der Waals surface area contributed by atoms with Gasteiger partial charge >= 0.3 is 5.97 Å². The molecule has 0 aliphatic carbocycles. The minimum atomic E-state index is -0.647. The molecule has 9 heteroatoms. The Bertz CT molecular complexity index is 1390. The molecular formula is C23H24N4O4S. The first-order chi connectivity index (χ1) is 15.4.